The number of aliphatic carboxylic acids is 1. The first-order valence-corrected chi connectivity index (χ1v) is 2.82. The van der Waals surface area contributed by atoms with Crippen LogP contribution in [-0.4, -0.2) is 28.0 Å². The number of carboxylic acid groups (broad SMARTS) is 1. The summed E-state index contributed by atoms with van der Waals surface area (Å²) in [4.78, 5) is 30.5. The molecule has 0 aromatic rings. The van der Waals surface area contributed by atoms with Gasteiger partial charge in [-0.15, -0.1) is 11.6 Å². The predicted molar refractivity (Wildman–Crippen MR) is 33.0 cm³/mol. The minimum Gasteiger partial charge on any atom is -0.475 e. The summed E-state index contributed by atoms with van der Waals surface area (Å²) in [6.45, 7) is 1.05. The zero-order valence-corrected chi connectivity index (χ0v) is 5.88. The van der Waals surface area contributed by atoms with E-state index >= 15 is 0 Å². The van der Waals surface area contributed by atoms with E-state index in [1.807, 2.05) is 0 Å². The predicted octanol–water partition coefficient (Wildman–Crippen LogP) is -0.164. The molecule has 0 saturated carbocycles. The number of Topliss-reactive ketones (excluding diaryl/α,β-unsaturated/α-hetero) is 2. The second-order valence-corrected chi connectivity index (χ2v) is 2.08. The molecule has 0 aliphatic carbocycles. The van der Waals surface area contributed by atoms with Gasteiger partial charge < -0.3 is 5.11 Å². The van der Waals surface area contributed by atoms with Gasteiger partial charge in [-0.2, -0.15) is 0 Å². The standard InChI is InChI=1S/C5H5ClO4/c1-2(7)3(6)4(8)5(9)10/h3H,1H3,(H,9,10). The van der Waals surface area contributed by atoms with Crippen molar-refractivity contribution in [3.8, 4) is 0 Å². The Labute approximate surface area is 61.8 Å². The van der Waals surface area contributed by atoms with Crippen LogP contribution >= 0.6 is 11.6 Å². The quantitative estimate of drug-likeness (QED) is 0.357. The van der Waals surface area contributed by atoms with Crippen molar-refractivity contribution >= 4 is 29.1 Å². The molecule has 0 aliphatic rings. The molecule has 5 heteroatoms. The summed E-state index contributed by atoms with van der Waals surface area (Å²) >= 11 is 5.08. The van der Waals surface area contributed by atoms with E-state index in [1.54, 1.807) is 0 Å². The highest BCUT2D eigenvalue weighted by Crippen LogP contribution is 1.98. The van der Waals surface area contributed by atoms with Gasteiger partial charge in [-0.05, 0) is 6.92 Å². The van der Waals surface area contributed by atoms with Gasteiger partial charge in [0.25, 0.3) is 5.78 Å². The molecule has 0 heterocycles. The summed E-state index contributed by atoms with van der Waals surface area (Å²) in [5, 5.41) is 6.47. The molecule has 10 heavy (non-hydrogen) atoms. The van der Waals surface area contributed by atoms with E-state index in [1.165, 1.54) is 0 Å². The lowest BCUT2D eigenvalue weighted by Crippen LogP contribution is -2.29. The van der Waals surface area contributed by atoms with Crippen LogP contribution in [0.2, 0.25) is 0 Å². The van der Waals surface area contributed by atoms with E-state index in [0.29, 0.717) is 0 Å². The van der Waals surface area contributed by atoms with Gasteiger partial charge in [-0.1, -0.05) is 0 Å². The Hall–Kier alpha value is -0.900. The molecule has 0 spiro atoms. The van der Waals surface area contributed by atoms with E-state index in [2.05, 4.69) is 0 Å². The van der Waals surface area contributed by atoms with Crippen LogP contribution in [-0.2, 0) is 14.4 Å². The maximum atomic E-state index is 10.3. The maximum Gasteiger partial charge on any atom is 0.374 e. The number of carboxylic acids is 1. The van der Waals surface area contributed by atoms with Crippen molar-refractivity contribution < 1.29 is 19.5 Å². The zero-order valence-electron chi connectivity index (χ0n) is 5.13. The van der Waals surface area contributed by atoms with Gasteiger partial charge in [-0.3, -0.25) is 9.59 Å². The average molecular weight is 165 g/mol. The third kappa shape index (κ3) is 2.14. The average Bonchev–Trinajstić information content (AvgIpc) is 1.84. The molecule has 1 unspecified atom stereocenters. The molecule has 1 atom stereocenters. The number of alkyl halides is 1. The smallest absolute Gasteiger partial charge is 0.374 e. The number of hydrogen-bond donors (Lipinski definition) is 1. The molecular formula is C5H5ClO4. The summed E-state index contributed by atoms with van der Waals surface area (Å²) in [5.74, 6) is -3.63. The van der Waals surface area contributed by atoms with Crippen LogP contribution in [0.1, 0.15) is 6.92 Å². The SMILES string of the molecule is CC(=O)C(Cl)C(=O)C(=O)O. The molecule has 56 valence electrons. The Morgan fingerprint density at radius 2 is 1.80 bits per heavy atom. The number of hydrogen-bond acceptors (Lipinski definition) is 3. The first kappa shape index (κ1) is 9.10. The molecule has 0 fully saturated rings. The van der Waals surface area contributed by atoms with Gasteiger partial charge >= 0.3 is 5.97 Å². The Morgan fingerprint density at radius 1 is 1.40 bits per heavy atom. The van der Waals surface area contributed by atoms with Crippen LogP contribution in [0.3, 0.4) is 0 Å². The van der Waals surface area contributed by atoms with E-state index in [9.17, 15) is 14.4 Å². The summed E-state index contributed by atoms with van der Waals surface area (Å²) in [6, 6.07) is 0. The van der Waals surface area contributed by atoms with E-state index in [0.717, 1.165) is 6.92 Å². The topological polar surface area (TPSA) is 71.4 Å². The van der Waals surface area contributed by atoms with Gasteiger partial charge in [0.05, 0.1) is 0 Å². The lowest BCUT2D eigenvalue weighted by molar-refractivity contribution is -0.149. The molecule has 0 rings (SSSR count). The normalized spacial score (nSPS) is 12.2. The third-order valence-electron chi connectivity index (χ3n) is 0.798. The first-order chi connectivity index (χ1) is 4.46. The number of rotatable bonds is 3. The van der Waals surface area contributed by atoms with Gasteiger partial charge in [0, 0.05) is 0 Å². The minimum absolute atomic E-state index is 0.658. The van der Waals surface area contributed by atoms with Gasteiger partial charge in [0.2, 0.25) is 0 Å². The Morgan fingerprint density at radius 3 is 1.90 bits per heavy atom. The van der Waals surface area contributed by atoms with Gasteiger partial charge in [0.1, 0.15) is 0 Å². The van der Waals surface area contributed by atoms with Crippen molar-refractivity contribution in [2.45, 2.75) is 12.3 Å². The summed E-state index contributed by atoms with van der Waals surface area (Å²) < 4.78 is 0. The molecule has 0 aromatic carbocycles. The second-order valence-electron chi connectivity index (χ2n) is 1.64. The lowest BCUT2D eigenvalue weighted by Gasteiger charge is -1.96. The van der Waals surface area contributed by atoms with Crippen LogP contribution in [0.4, 0.5) is 0 Å². The monoisotopic (exact) mass is 164 g/mol. The molecule has 0 radical (unpaired) electrons. The number of halogens is 1. The highest BCUT2D eigenvalue weighted by Gasteiger charge is 2.25. The number of ketones is 2. The van der Waals surface area contributed by atoms with Crippen molar-refractivity contribution in [1.82, 2.24) is 0 Å². The summed E-state index contributed by atoms with van der Waals surface area (Å²) in [5.41, 5.74) is 0. The van der Waals surface area contributed by atoms with E-state index in [4.69, 9.17) is 16.7 Å². The highest BCUT2D eigenvalue weighted by atomic mass is 35.5. The lowest BCUT2D eigenvalue weighted by atomic mass is 10.2. The third-order valence-corrected chi connectivity index (χ3v) is 1.30. The molecule has 0 bridgehead atoms. The van der Waals surface area contributed by atoms with Crippen molar-refractivity contribution in [2.24, 2.45) is 0 Å². The molecule has 0 saturated heterocycles. The van der Waals surface area contributed by atoms with Crippen LogP contribution in [0, 0.1) is 0 Å². The fourth-order valence-electron chi connectivity index (χ4n) is 0.293. The van der Waals surface area contributed by atoms with Crippen LogP contribution in [0.5, 0.6) is 0 Å². The van der Waals surface area contributed by atoms with E-state index < -0.39 is 22.9 Å². The Balaban J connectivity index is 4.22. The van der Waals surface area contributed by atoms with Crippen LogP contribution in [0.15, 0.2) is 0 Å². The van der Waals surface area contributed by atoms with Gasteiger partial charge in [0.15, 0.2) is 11.2 Å². The summed E-state index contributed by atoms with van der Waals surface area (Å²) in [7, 11) is 0. The summed E-state index contributed by atoms with van der Waals surface area (Å²) in [6.07, 6.45) is 0. The number of carbonyl (C=O) groups excluding carboxylic acids is 2. The zero-order chi connectivity index (χ0) is 8.31. The molecule has 1 N–H and O–H groups in total. The van der Waals surface area contributed by atoms with Crippen molar-refractivity contribution in [3.05, 3.63) is 0 Å². The van der Waals surface area contributed by atoms with Crippen molar-refractivity contribution in [2.75, 3.05) is 0 Å². The second kappa shape index (κ2) is 3.31. The molecule has 4 nitrogen and oxygen atoms in total. The van der Waals surface area contributed by atoms with Crippen molar-refractivity contribution in [1.29, 1.82) is 0 Å². The van der Waals surface area contributed by atoms with Crippen molar-refractivity contribution in [3.63, 3.8) is 0 Å². The van der Waals surface area contributed by atoms with Crippen LogP contribution in [0.25, 0.3) is 0 Å². The van der Waals surface area contributed by atoms with Crippen LogP contribution < -0.4 is 0 Å². The number of carbonyl (C=O) groups is 3. The fraction of sp³-hybridized carbons (Fsp3) is 0.400. The highest BCUT2D eigenvalue weighted by molar-refractivity contribution is 6.54. The largest absolute Gasteiger partial charge is 0.475 e. The molecule has 0 aliphatic heterocycles. The first-order valence-electron chi connectivity index (χ1n) is 2.38. The minimum atomic E-state index is -1.68. The van der Waals surface area contributed by atoms with E-state index in [-0.39, 0.29) is 0 Å². The fourth-order valence-corrected chi connectivity index (χ4v) is 0.386. The molecule has 0 amide bonds. The Kier molecular flexibility index (Phi) is 3.02. The molecule has 0 aromatic heterocycles. The van der Waals surface area contributed by atoms with Gasteiger partial charge in [-0.25, -0.2) is 4.79 Å². The molecular weight excluding hydrogens is 160 g/mol. The maximum absolute atomic E-state index is 10.3. The Bertz CT molecular complexity index is 186.